The Bertz CT molecular complexity index is 628. The molecule has 0 spiro atoms. The first-order valence-corrected chi connectivity index (χ1v) is 7.16. The van der Waals surface area contributed by atoms with E-state index in [0.29, 0.717) is 0 Å². The van der Waals surface area contributed by atoms with Crippen molar-refractivity contribution in [1.29, 1.82) is 0 Å². The van der Waals surface area contributed by atoms with Gasteiger partial charge in [-0.2, -0.15) is 0 Å². The number of methoxy groups -OCH3 is 2. The van der Waals surface area contributed by atoms with Gasteiger partial charge in [-0.1, -0.05) is 12.1 Å². The van der Waals surface area contributed by atoms with Crippen molar-refractivity contribution >= 4 is 0 Å². The molecule has 3 rings (SSSR count). The van der Waals surface area contributed by atoms with Gasteiger partial charge in [0.2, 0.25) is 0 Å². The lowest BCUT2D eigenvalue weighted by Crippen LogP contribution is -2.30. The maximum absolute atomic E-state index is 5.37. The smallest absolute Gasteiger partial charge is 0.161 e. The number of rotatable bonds is 4. The highest BCUT2D eigenvalue weighted by Gasteiger charge is 2.17. The van der Waals surface area contributed by atoms with Crippen LogP contribution in [0.25, 0.3) is 0 Å². The Balaban J connectivity index is 1.73. The van der Waals surface area contributed by atoms with Crippen LogP contribution in [0.5, 0.6) is 11.5 Å². The molecule has 21 heavy (non-hydrogen) atoms. The Hall–Kier alpha value is -2.07. The monoisotopic (exact) mass is 284 g/mol. The minimum Gasteiger partial charge on any atom is -0.493 e. The summed E-state index contributed by atoms with van der Waals surface area (Å²) < 4.78 is 10.6. The molecule has 1 aromatic heterocycles. The van der Waals surface area contributed by atoms with Gasteiger partial charge in [0.15, 0.2) is 11.5 Å². The van der Waals surface area contributed by atoms with E-state index in [1.165, 1.54) is 16.8 Å². The van der Waals surface area contributed by atoms with E-state index < -0.39 is 0 Å². The van der Waals surface area contributed by atoms with Gasteiger partial charge in [0.05, 0.1) is 14.2 Å². The van der Waals surface area contributed by atoms with Crippen LogP contribution in [0.2, 0.25) is 0 Å². The number of nitrogens with zero attached hydrogens (tertiary/aromatic N) is 2. The van der Waals surface area contributed by atoms with Crippen molar-refractivity contribution in [2.24, 2.45) is 0 Å². The van der Waals surface area contributed by atoms with Gasteiger partial charge in [0.25, 0.3) is 0 Å². The maximum Gasteiger partial charge on any atom is 0.161 e. The molecule has 0 amide bonds. The third-order valence-electron chi connectivity index (χ3n) is 3.90. The lowest BCUT2D eigenvalue weighted by molar-refractivity contribution is 0.243. The van der Waals surface area contributed by atoms with Crippen molar-refractivity contribution in [2.45, 2.75) is 19.5 Å². The molecule has 110 valence electrons. The lowest BCUT2D eigenvalue weighted by Gasteiger charge is -2.28. The average molecular weight is 284 g/mol. The number of benzene rings is 1. The molecule has 1 aliphatic heterocycles. The van der Waals surface area contributed by atoms with E-state index >= 15 is 0 Å². The zero-order valence-corrected chi connectivity index (χ0v) is 12.5. The van der Waals surface area contributed by atoms with E-state index in [4.69, 9.17) is 9.47 Å². The van der Waals surface area contributed by atoms with Gasteiger partial charge in [-0.25, -0.2) is 0 Å². The highest BCUT2D eigenvalue weighted by Crippen LogP contribution is 2.28. The summed E-state index contributed by atoms with van der Waals surface area (Å²) >= 11 is 0. The summed E-state index contributed by atoms with van der Waals surface area (Å²) in [4.78, 5) is 6.88. The zero-order chi connectivity index (χ0) is 14.7. The van der Waals surface area contributed by atoms with Crippen molar-refractivity contribution in [3.8, 4) is 11.5 Å². The summed E-state index contributed by atoms with van der Waals surface area (Å²) in [6.07, 6.45) is 2.90. The van der Waals surface area contributed by atoms with E-state index in [9.17, 15) is 0 Å². The second-order valence-electron chi connectivity index (χ2n) is 5.26. The third kappa shape index (κ3) is 3.00. The first kappa shape index (κ1) is 13.9. The molecule has 0 aliphatic carbocycles. The van der Waals surface area contributed by atoms with E-state index in [1.807, 2.05) is 18.3 Å². The number of ether oxygens (including phenoxy) is 2. The van der Waals surface area contributed by atoms with E-state index in [0.717, 1.165) is 37.6 Å². The fraction of sp³-hybridized carbons (Fsp3) is 0.353. The van der Waals surface area contributed by atoms with Crippen LogP contribution in [0.3, 0.4) is 0 Å². The molecule has 0 atom stereocenters. The Kier molecular flexibility index (Phi) is 4.06. The molecule has 0 radical (unpaired) electrons. The molecule has 2 heterocycles. The zero-order valence-electron chi connectivity index (χ0n) is 12.5. The quantitative estimate of drug-likeness (QED) is 0.864. The fourth-order valence-corrected chi connectivity index (χ4v) is 2.80. The minimum atomic E-state index is 0.773. The highest BCUT2D eigenvalue weighted by atomic mass is 16.5. The van der Waals surface area contributed by atoms with Crippen LogP contribution in [0, 0.1) is 0 Å². The largest absolute Gasteiger partial charge is 0.493 e. The molecule has 4 nitrogen and oxygen atoms in total. The van der Waals surface area contributed by atoms with Crippen molar-refractivity contribution in [3.63, 3.8) is 0 Å². The van der Waals surface area contributed by atoms with E-state index in [1.54, 1.807) is 14.2 Å². The van der Waals surface area contributed by atoms with Crippen LogP contribution < -0.4 is 9.47 Å². The van der Waals surface area contributed by atoms with Crippen molar-refractivity contribution in [2.75, 3.05) is 20.8 Å². The molecule has 1 aliphatic rings. The molecular weight excluding hydrogens is 264 g/mol. The molecule has 0 unspecified atom stereocenters. The van der Waals surface area contributed by atoms with Crippen LogP contribution in [0.15, 0.2) is 36.5 Å². The van der Waals surface area contributed by atoms with Gasteiger partial charge in [-0.05, 0) is 29.3 Å². The Morgan fingerprint density at radius 3 is 2.81 bits per heavy atom. The van der Waals surface area contributed by atoms with Gasteiger partial charge in [-0.15, -0.1) is 0 Å². The molecule has 1 aromatic carbocycles. The van der Waals surface area contributed by atoms with Crippen molar-refractivity contribution in [3.05, 3.63) is 53.3 Å². The number of hydrogen-bond acceptors (Lipinski definition) is 4. The van der Waals surface area contributed by atoms with Crippen molar-refractivity contribution in [1.82, 2.24) is 9.88 Å². The number of fused-ring (bicyclic) bond motifs is 1. The second kappa shape index (κ2) is 6.14. The predicted octanol–water partition coefficient (Wildman–Crippen LogP) is 2.66. The SMILES string of the molecule is COc1ccc(CN2CCc3ncccc3C2)cc1OC. The van der Waals surface area contributed by atoms with Crippen LogP contribution in [-0.4, -0.2) is 30.6 Å². The summed E-state index contributed by atoms with van der Waals surface area (Å²) in [6, 6.07) is 10.3. The Labute approximate surface area is 125 Å². The minimum absolute atomic E-state index is 0.773. The van der Waals surface area contributed by atoms with Crippen LogP contribution in [0.1, 0.15) is 16.8 Å². The highest BCUT2D eigenvalue weighted by molar-refractivity contribution is 5.42. The molecule has 4 heteroatoms. The van der Waals surface area contributed by atoms with Crippen LogP contribution in [-0.2, 0) is 19.5 Å². The lowest BCUT2D eigenvalue weighted by atomic mass is 10.0. The molecule has 0 fully saturated rings. The molecular formula is C17H20N2O2. The normalized spacial score (nSPS) is 14.6. The third-order valence-corrected chi connectivity index (χ3v) is 3.90. The average Bonchev–Trinajstić information content (AvgIpc) is 2.54. The molecule has 0 N–H and O–H groups in total. The number of hydrogen-bond donors (Lipinski definition) is 0. The molecule has 2 aromatic rings. The van der Waals surface area contributed by atoms with E-state index in [2.05, 4.69) is 28.1 Å². The predicted molar refractivity (Wildman–Crippen MR) is 81.6 cm³/mol. The van der Waals surface area contributed by atoms with Crippen LogP contribution in [0.4, 0.5) is 0 Å². The van der Waals surface area contributed by atoms with Gasteiger partial charge in [0, 0.05) is 37.9 Å². The van der Waals surface area contributed by atoms with Gasteiger partial charge >= 0.3 is 0 Å². The summed E-state index contributed by atoms with van der Waals surface area (Å²) in [7, 11) is 3.33. The van der Waals surface area contributed by atoms with Crippen molar-refractivity contribution < 1.29 is 9.47 Å². The molecule has 0 saturated carbocycles. The second-order valence-corrected chi connectivity index (χ2v) is 5.26. The van der Waals surface area contributed by atoms with E-state index in [-0.39, 0.29) is 0 Å². The first-order chi connectivity index (χ1) is 10.3. The summed E-state index contributed by atoms with van der Waals surface area (Å²) in [5, 5.41) is 0. The standard InChI is InChI=1S/C17H20N2O2/c1-20-16-6-5-13(10-17(16)21-2)11-19-9-7-15-14(12-19)4-3-8-18-15/h3-6,8,10H,7,9,11-12H2,1-2H3. The fourth-order valence-electron chi connectivity index (χ4n) is 2.80. The maximum atomic E-state index is 5.37. The van der Waals surface area contributed by atoms with Gasteiger partial charge in [-0.3, -0.25) is 9.88 Å². The summed E-state index contributed by atoms with van der Waals surface area (Å²) in [6.45, 7) is 2.91. The first-order valence-electron chi connectivity index (χ1n) is 7.16. The van der Waals surface area contributed by atoms with Crippen LogP contribution >= 0.6 is 0 Å². The van der Waals surface area contributed by atoms with Gasteiger partial charge in [0.1, 0.15) is 0 Å². The number of aromatic nitrogens is 1. The van der Waals surface area contributed by atoms with Gasteiger partial charge < -0.3 is 9.47 Å². The summed E-state index contributed by atoms with van der Waals surface area (Å²) in [5.41, 5.74) is 3.81. The molecule has 0 saturated heterocycles. The molecule has 0 bridgehead atoms. The summed E-state index contributed by atoms with van der Waals surface area (Å²) in [5.74, 6) is 1.56. The number of pyridine rings is 1. The topological polar surface area (TPSA) is 34.6 Å². The Morgan fingerprint density at radius 2 is 2.00 bits per heavy atom. The Morgan fingerprint density at radius 1 is 1.14 bits per heavy atom.